The van der Waals surface area contributed by atoms with Gasteiger partial charge in [0.25, 0.3) is 5.56 Å². The standard InChI is InChI=1S/C21H25N7O4/c1-3-32-21(31)26-10-8-25(9-11-26)17(29)13-27-14-22-19-18(20(27)30)23-24-28(19)12-16-6-4-15(2)5-7-16/h4-7,14H,3,8-13H2,1-2H3. The molecule has 1 aromatic carbocycles. The number of rotatable bonds is 5. The Morgan fingerprint density at radius 2 is 1.75 bits per heavy atom. The van der Waals surface area contributed by atoms with Gasteiger partial charge in [-0.3, -0.25) is 14.2 Å². The van der Waals surface area contributed by atoms with Gasteiger partial charge in [-0.05, 0) is 19.4 Å². The highest BCUT2D eigenvalue weighted by molar-refractivity contribution is 5.77. The van der Waals surface area contributed by atoms with Crippen LogP contribution in [0.5, 0.6) is 0 Å². The summed E-state index contributed by atoms with van der Waals surface area (Å²) in [4.78, 5) is 44.9. The molecule has 0 N–H and O–H groups in total. The van der Waals surface area contributed by atoms with Gasteiger partial charge in [-0.2, -0.15) is 0 Å². The Labute approximate surface area is 184 Å². The number of amides is 2. The Morgan fingerprint density at radius 3 is 2.44 bits per heavy atom. The molecule has 0 unspecified atom stereocenters. The van der Waals surface area contributed by atoms with Crippen molar-refractivity contribution >= 4 is 23.2 Å². The molecule has 0 radical (unpaired) electrons. The first-order valence-corrected chi connectivity index (χ1v) is 10.5. The summed E-state index contributed by atoms with van der Waals surface area (Å²) in [6.45, 7) is 5.92. The topological polar surface area (TPSA) is 115 Å². The second kappa shape index (κ2) is 9.16. The summed E-state index contributed by atoms with van der Waals surface area (Å²) < 4.78 is 7.80. The van der Waals surface area contributed by atoms with Crippen molar-refractivity contribution < 1.29 is 14.3 Å². The van der Waals surface area contributed by atoms with Gasteiger partial charge in [-0.1, -0.05) is 35.0 Å². The lowest BCUT2D eigenvalue weighted by atomic mass is 10.1. The molecule has 168 valence electrons. The molecule has 1 aliphatic heterocycles. The molecule has 1 fully saturated rings. The molecule has 32 heavy (non-hydrogen) atoms. The summed E-state index contributed by atoms with van der Waals surface area (Å²) in [7, 11) is 0. The fraction of sp³-hybridized carbons (Fsp3) is 0.429. The highest BCUT2D eigenvalue weighted by atomic mass is 16.6. The first-order valence-electron chi connectivity index (χ1n) is 10.5. The Bertz CT molecular complexity index is 1180. The predicted molar refractivity (Wildman–Crippen MR) is 115 cm³/mol. The van der Waals surface area contributed by atoms with Crippen molar-refractivity contribution in [3.63, 3.8) is 0 Å². The van der Waals surface area contributed by atoms with E-state index in [0.29, 0.717) is 45.0 Å². The summed E-state index contributed by atoms with van der Waals surface area (Å²) in [5, 5.41) is 8.06. The number of hydrogen-bond donors (Lipinski definition) is 0. The third-order valence-electron chi connectivity index (χ3n) is 5.41. The number of ether oxygens (including phenoxy) is 1. The lowest BCUT2D eigenvalue weighted by Gasteiger charge is -2.34. The maximum atomic E-state index is 12.8. The van der Waals surface area contributed by atoms with Gasteiger partial charge < -0.3 is 14.5 Å². The zero-order chi connectivity index (χ0) is 22.7. The molecule has 2 amide bonds. The van der Waals surface area contributed by atoms with Crippen LogP contribution in [0.1, 0.15) is 18.1 Å². The van der Waals surface area contributed by atoms with Crippen LogP contribution < -0.4 is 5.56 Å². The molecule has 3 heterocycles. The quantitative estimate of drug-likeness (QED) is 0.573. The molecule has 11 nitrogen and oxygen atoms in total. The van der Waals surface area contributed by atoms with E-state index in [4.69, 9.17) is 4.74 Å². The Hall–Kier alpha value is -3.76. The van der Waals surface area contributed by atoms with E-state index in [-0.39, 0.29) is 24.1 Å². The molecule has 1 saturated heterocycles. The minimum absolute atomic E-state index is 0.125. The van der Waals surface area contributed by atoms with Gasteiger partial charge in [0.1, 0.15) is 12.9 Å². The lowest BCUT2D eigenvalue weighted by molar-refractivity contribution is -0.133. The van der Waals surface area contributed by atoms with Crippen molar-refractivity contribution in [3.05, 3.63) is 52.1 Å². The van der Waals surface area contributed by atoms with E-state index in [9.17, 15) is 14.4 Å². The van der Waals surface area contributed by atoms with Crippen LogP contribution in [-0.2, 0) is 22.6 Å². The maximum absolute atomic E-state index is 12.8. The van der Waals surface area contributed by atoms with E-state index in [0.717, 1.165) is 11.1 Å². The van der Waals surface area contributed by atoms with Crippen molar-refractivity contribution in [1.82, 2.24) is 34.3 Å². The number of carbonyl (C=O) groups is 2. The van der Waals surface area contributed by atoms with Crippen LogP contribution >= 0.6 is 0 Å². The highest BCUT2D eigenvalue weighted by Crippen LogP contribution is 2.09. The first-order chi connectivity index (χ1) is 15.5. The van der Waals surface area contributed by atoms with Crippen molar-refractivity contribution in [2.45, 2.75) is 26.9 Å². The molecule has 3 aromatic rings. The highest BCUT2D eigenvalue weighted by Gasteiger charge is 2.25. The number of aromatic nitrogens is 5. The first kappa shape index (κ1) is 21.5. The Balaban J connectivity index is 1.43. The van der Waals surface area contributed by atoms with E-state index in [2.05, 4.69) is 15.3 Å². The zero-order valence-corrected chi connectivity index (χ0v) is 18.1. The fourth-order valence-electron chi connectivity index (χ4n) is 3.57. The van der Waals surface area contributed by atoms with E-state index < -0.39 is 5.56 Å². The minimum atomic E-state index is -0.413. The molecular weight excluding hydrogens is 414 g/mol. The van der Waals surface area contributed by atoms with Crippen LogP contribution in [0.15, 0.2) is 35.4 Å². The molecule has 0 spiro atoms. The molecule has 1 aliphatic rings. The maximum Gasteiger partial charge on any atom is 0.409 e. The molecule has 2 aromatic heterocycles. The van der Waals surface area contributed by atoms with Crippen LogP contribution in [0, 0.1) is 6.92 Å². The van der Waals surface area contributed by atoms with Gasteiger partial charge >= 0.3 is 6.09 Å². The number of benzene rings is 1. The average molecular weight is 439 g/mol. The lowest BCUT2D eigenvalue weighted by Crippen LogP contribution is -2.51. The van der Waals surface area contributed by atoms with Crippen molar-refractivity contribution in [3.8, 4) is 0 Å². The summed E-state index contributed by atoms with van der Waals surface area (Å²) in [6.07, 6.45) is 0.978. The number of fused-ring (bicyclic) bond motifs is 1. The van der Waals surface area contributed by atoms with E-state index in [1.165, 1.54) is 10.9 Å². The molecule has 4 rings (SSSR count). The van der Waals surface area contributed by atoms with Crippen molar-refractivity contribution in [1.29, 1.82) is 0 Å². The molecule has 0 bridgehead atoms. The van der Waals surface area contributed by atoms with Crippen LogP contribution in [0.4, 0.5) is 4.79 Å². The van der Waals surface area contributed by atoms with Gasteiger partial charge in [0, 0.05) is 26.2 Å². The number of piperazine rings is 1. The second-order valence-electron chi connectivity index (χ2n) is 7.65. The third kappa shape index (κ3) is 4.46. The number of carbonyl (C=O) groups excluding carboxylic acids is 2. The summed E-state index contributed by atoms with van der Waals surface area (Å²) in [5.41, 5.74) is 2.27. The van der Waals surface area contributed by atoms with Gasteiger partial charge in [-0.15, -0.1) is 5.10 Å². The Kier molecular flexibility index (Phi) is 6.15. The SMILES string of the molecule is CCOC(=O)N1CCN(C(=O)Cn2cnc3c(nnn3Cc3ccc(C)cc3)c2=O)CC1. The molecular formula is C21H25N7O4. The molecule has 0 saturated carbocycles. The monoisotopic (exact) mass is 439 g/mol. The fourth-order valence-corrected chi connectivity index (χ4v) is 3.57. The van der Waals surface area contributed by atoms with Gasteiger partial charge in [0.2, 0.25) is 5.91 Å². The van der Waals surface area contributed by atoms with Gasteiger partial charge in [0.05, 0.1) is 13.2 Å². The van der Waals surface area contributed by atoms with Crippen LogP contribution in [-0.4, -0.2) is 79.1 Å². The normalized spacial score (nSPS) is 14.1. The van der Waals surface area contributed by atoms with E-state index >= 15 is 0 Å². The van der Waals surface area contributed by atoms with E-state index in [1.54, 1.807) is 21.4 Å². The number of hydrogen-bond acceptors (Lipinski definition) is 7. The number of aryl methyl sites for hydroxylation is 1. The minimum Gasteiger partial charge on any atom is -0.450 e. The average Bonchev–Trinajstić information content (AvgIpc) is 3.21. The van der Waals surface area contributed by atoms with E-state index in [1.807, 2.05) is 31.2 Å². The smallest absolute Gasteiger partial charge is 0.409 e. The van der Waals surface area contributed by atoms with Gasteiger partial charge in [-0.25, -0.2) is 14.5 Å². The number of nitrogens with zero attached hydrogens (tertiary/aromatic N) is 7. The van der Waals surface area contributed by atoms with Crippen LogP contribution in [0.25, 0.3) is 11.2 Å². The summed E-state index contributed by atoms with van der Waals surface area (Å²) in [6, 6.07) is 7.99. The van der Waals surface area contributed by atoms with Crippen molar-refractivity contribution in [2.24, 2.45) is 0 Å². The predicted octanol–water partition coefficient (Wildman–Crippen LogP) is 0.645. The second-order valence-corrected chi connectivity index (χ2v) is 7.65. The largest absolute Gasteiger partial charge is 0.450 e. The molecule has 0 aliphatic carbocycles. The van der Waals surface area contributed by atoms with Crippen LogP contribution in [0.3, 0.4) is 0 Å². The van der Waals surface area contributed by atoms with Crippen molar-refractivity contribution in [2.75, 3.05) is 32.8 Å². The van der Waals surface area contributed by atoms with Gasteiger partial charge in [0.15, 0.2) is 11.2 Å². The molecule has 0 atom stereocenters. The summed E-state index contributed by atoms with van der Waals surface area (Å²) >= 11 is 0. The molecule has 11 heteroatoms. The third-order valence-corrected chi connectivity index (χ3v) is 5.41. The van der Waals surface area contributed by atoms with Crippen LogP contribution in [0.2, 0.25) is 0 Å². The summed E-state index contributed by atoms with van der Waals surface area (Å²) in [5.74, 6) is -0.219. The Morgan fingerprint density at radius 1 is 1.06 bits per heavy atom. The zero-order valence-electron chi connectivity index (χ0n) is 18.1.